The standard InChI is InChI=1S/C16H20N2O6S/c1-24-16(21)13(18-15(20)12-7-8-14(19)17-12)9-10-25(22,23)11-5-3-2-4-6-11/h2-6,12-13H,7-10H2,1H3,(H,17,19)(H,18,20)/t12-,13+/m1/s1. The van der Waals surface area contributed by atoms with Gasteiger partial charge in [0.15, 0.2) is 9.84 Å². The summed E-state index contributed by atoms with van der Waals surface area (Å²) in [6, 6.07) is 6.03. The lowest BCUT2D eigenvalue weighted by Gasteiger charge is -2.19. The fraction of sp³-hybridized carbons (Fsp3) is 0.438. The number of sulfone groups is 1. The summed E-state index contributed by atoms with van der Waals surface area (Å²) in [5.74, 6) is -1.82. The number of ether oxygens (including phenoxy) is 1. The fourth-order valence-electron chi connectivity index (χ4n) is 2.49. The molecule has 0 unspecified atom stereocenters. The molecule has 0 saturated carbocycles. The van der Waals surface area contributed by atoms with Crippen LogP contribution in [0.5, 0.6) is 0 Å². The molecule has 0 spiro atoms. The molecule has 0 bridgehead atoms. The molecule has 2 atom stereocenters. The van der Waals surface area contributed by atoms with Gasteiger partial charge in [-0.1, -0.05) is 18.2 Å². The van der Waals surface area contributed by atoms with Gasteiger partial charge in [0.2, 0.25) is 11.8 Å². The zero-order valence-corrected chi connectivity index (χ0v) is 14.5. The molecule has 2 rings (SSSR count). The Balaban J connectivity index is 2.02. The number of rotatable bonds is 7. The molecule has 0 radical (unpaired) electrons. The topological polar surface area (TPSA) is 119 Å². The van der Waals surface area contributed by atoms with Crippen LogP contribution in [0.1, 0.15) is 19.3 Å². The predicted octanol–water partition coefficient (Wildman–Crippen LogP) is -0.213. The highest BCUT2D eigenvalue weighted by atomic mass is 32.2. The van der Waals surface area contributed by atoms with E-state index in [1.54, 1.807) is 18.2 Å². The number of methoxy groups -OCH3 is 1. The Bertz CT molecular complexity index is 747. The Labute approximate surface area is 145 Å². The van der Waals surface area contributed by atoms with Gasteiger partial charge in [-0.15, -0.1) is 0 Å². The van der Waals surface area contributed by atoms with E-state index in [0.29, 0.717) is 6.42 Å². The monoisotopic (exact) mass is 368 g/mol. The molecular weight excluding hydrogens is 348 g/mol. The molecule has 0 aliphatic carbocycles. The van der Waals surface area contributed by atoms with Crippen LogP contribution in [-0.4, -0.2) is 51.1 Å². The third-order valence-electron chi connectivity index (χ3n) is 3.89. The Hall–Kier alpha value is -2.42. The number of nitrogens with one attached hydrogen (secondary N) is 2. The van der Waals surface area contributed by atoms with Gasteiger partial charge in [0, 0.05) is 6.42 Å². The smallest absolute Gasteiger partial charge is 0.328 e. The number of carbonyl (C=O) groups is 3. The Morgan fingerprint density at radius 3 is 2.56 bits per heavy atom. The zero-order chi connectivity index (χ0) is 18.4. The van der Waals surface area contributed by atoms with Gasteiger partial charge in [-0.2, -0.15) is 0 Å². The third kappa shape index (κ3) is 5.02. The van der Waals surface area contributed by atoms with Crippen LogP contribution < -0.4 is 10.6 Å². The van der Waals surface area contributed by atoms with E-state index < -0.39 is 33.8 Å². The largest absolute Gasteiger partial charge is 0.467 e. The van der Waals surface area contributed by atoms with E-state index in [1.807, 2.05) is 0 Å². The number of esters is 1. The third-order valence-corrected chi connectivity index (χ3v) is 5.66. The van der Waals surface area contributed by atoms with Crippen molar-refractivity contribution in [3.05, 3.63) is 30.3 Å². The number of benzene rings is 1. The van der Waals surface area contributed by atoms with Crippen LogP contribution in [0.3, 0.4) is 0 Å². The SMILES string of the molecule is COC(=O)[C@H](CCS(=O)(=O)c1ccccc1)NC(=O)[C@H]1CCC(=O)N1. The maximum atomic E-state index is 12.3. The van der Waals surface area contributed by atoms with Crippen molar-refractivity contribution in [2.75, 3.05) is 12.9 Å². The van der Waals surface area contributed by atoms with Crippen molar-refractivity contribution < 1.29 is 27.5 Å². The molecule has 1 fully saturated rings. The summed E-state index contributed by atoms with van der Waals surface area (Å²) in [7, 11) is -2.43. The van der Waals surface area contributed by atoms with Gasteiger partial charge in [0.25, 0.3) is 0 Å². The van der Waals surface area contributed by atoms with Gasteiger partial charge in [0.1, 0.15) is 12.1 Å². The average molecular weight is 368 g/mol. The van der Waals surface area contributed by atoms with E-state index in [4.69, 9.17) is 0 Å². The predicted molar refractivity (Wildman–Crippen MR) is 88.2 cm³/mol. The van der Waals surface area contributed by atoms with Crippen molar-refractivity contribution in [3.8, 4) is 0 Å². The van der Waals surface area contributed by atoms with Crippen molar-refractivity contribution >= 4 is 27.6 Å². The first-order valence-corrected chi connectivity index (χ1v) is 9.44. The van der Waals surface area contributed by atoms with E-state index in [-0.39, 0.29) is 29.4 Å². The van der Waals surface area contributed by atoms with Gasteiger partial charge < -0.3 is 15.4 Å². The molecule has 1 heterocycles. The van der Waals surface area contributed by atoms with Gasteiger partial charge in [-0.25, -0.2) is 13.2 Å². The van der Waals surface area contributed by atoms with E-state index in [9.17, 15) is 22.8 Å². The highest BCUT2D eigenvalue weighted by Gasteiger charge is 2.31. The van der Waals surface area contributed by atoms with Crippen LogP contribution >= 0.6 is 0 Å². The minimum absolute atomic E-state index is 0.129. The van der Waals surface area contributed by atoms with Crippen LogP contribution in [0.4, 0.5) is 0 Å². The molecule has 1 aromatic rings. The second kappa shape index (κ2) is 8.11. The summed E-state index contributed by atoms with van der Waals surface area (Å²) in [4.78, 5) is 35.3. The molecule has 9 heteroatoms. The Morgan fingerprint density at radius 2 is 2.00 bits per heavy atom. The molecule has 1 aliphatic heterocycles. The Morgan fingerprint density at radius 1 is 1.32 bits per heavy atom. The quantitative estimate of drug-likeness (QED) is 0.643. The van der Waals surface area contributed by atoms with Gasteiger partial charge >= 0.3 is 5.97 Å². The summed E-state index contributed by atoms with van der Waals surface area (Å²) in [5, 5.41) is 4.95. The fourth-order valence-corrected chi connectivity index (χ4v) is 3.85. The lowest BCUT2D eigenvalue weighted by atomic mass is 10.1. The normalized spacial score (nSPS) is 18.3. The lowest BCUT2D eigenvalue weighted by molar-refractivity contribution is -0.145. The first-order chi connectivity index (χ1) is 11.8. The van der Waals surface area contributed by atoms with Crippen molar-refractivity contribution in [3.63, 3.8) is 0 Å². The molecule has 8 nitrogen and oxygen atoms in total. The molecule has 2 amide bonds. The molecule has 25 heavy (non-hydrogen) atoms. The number of amides is 2. The highest BCUT2D eigenvalue weighted by Crippen LogP contribution is 2.13. The minimum Gasteiger partial charge on any atom is -0.467 e. The van der Waals surface area contributed by atoms with E-state index >= 15 is 0 Å². The van der Waals surface area contributed by atoms with Crippen molar-refractivity contribution in [2.45, 2.75) is 36.2 Å². The number of hydrogen-bond donors (Lipinski definition) is 2. The number of hydrogen-bond acceptors (Lipinski definition) is 6. The van der Waals surface area contributed by atoms with E-state index in [1.165, 1.54) is 12.1 Å². The van der Waals surface area contributed by atoms with Crippen LogP contribution in [0.25, 0.3) is 0 Å². The lowest BCUT2D eigenvalue weighted by Crippen LogP contribution is -2.49. The molecule has 136 valence electrons. The van der Waals surface area contributed by atoms with Crippen LogP contribution in [0.2, 0.25) is 0 Å². The first-order valence-electron chi connectivity index (χ1n) is 7.79. The van der Waals surface area contributed by atoms with Crippen molar-refractivity contribution in [1.29, 1.82) is 0 Å². The van der Waals surface area contributed by atoms with Gasteiger partial charge in [0.05, 0.1) is 17.8 Å². The van der Waals surface area contributed by atoms with E-state index in [2.05, 4.69) is 15.4 Å². The van der Waals surface area contributed by atoms with Crippen molar-refractivity contribution in [1.82, 2.24) is 10.6 Å². The van der Waals surface area contributed by atoms with Crippen LogP contribution in [-0.2, 0) is 29.0 Å². The van der Waals surface area contributed by atoms with Gasteiger partial charge in [-0.3, -0.25) is 9.59 Å². The molecule has 1 aliphatic rings. The second-order valence-corrected chi connectivity index (χ2v) is 7.77. The van der Waals surface area contributed by atoms with Crippen LogP contribution in [0.15, 0.2) is 35.2 Å². The second-order valence-electron chi connectivity index (χ2n) is 5.66. The summed E-state index contributed by atoms with van der Waals surface area (Å²) in [5.41, 5.74) is 0. The molecule has 0 aromatic heterocycles. The molecule has 2 N–H and O–H groups in total. The molecular formula is C16H20N2O6S. The highest BCUT2D eigenvalue weighted by molar-refractivity contribution is 7.91. The minimum atomic E-state index is -3.59. The summed E-state index contributed by atoms with van der Waals surface area (Å²) in [6.45, 7) is 0. The average Bonchev–Trinajstić information content (AvgIpc) is 3.05. The number of carbonyl (C=O) groups excluding carboxylic acids is 3. The maximum Gasteiger partial charge on any atom is 0.328 e. The molecule has 1 saturated heterocycles. The summed E-state index contributed by atoms with van der Waals surface area (Å²) in [6.07, 6.45) is 0.445. The maximum absolute atomic E-state index is 12.3. The van der Waals surface area contributed by atoms with Crippen molar-refractivity contribution in [2.24, 2.45) is 0 Å². The van der Waals surface area contributed by atoms with Gasteiger partial charge in [-0.05, 0) is 25.0 Å². The molecule has 1 aromatic carbocycles. The van der Waals surface area contributed by atoms with Crippen LogP contribution in [0, 0.1) is 0 Å². The van der Waals surface area contributed by atoms with E-state index in [0.717, 1.165) is 7.11 Å². The summed E-state index contributed by atoms with van der Waals surface area (Å²) < 4.78 is 29.3. The summed E-state index contributed by atoms with van der Waals surface area (Å²) >= 11 is 0. The Kier molecular flexibility index (Phi) is 6.13. The zero-order valence-electron chi connectivity index (χ0n) is 13.7. The first kappa shape index (κ1) is 18.9.